The van der Waals surface area contributed by atoms with E-state index < -0.39 is 7.12 Å². The average Bonchev–Trinajstić information content (AvgIpc) is 2.57. The van der Waals surface area contributed by atoms with Crippen LogP contribution in [0.1, 0.15) is 33.3 Å². The molecule has 1 heterocycles. The van der Waals surface area contributed by atoms with Crippen LogP contribution in [0.2, 0.25) is 0 Å². The van der Waals surface area contributed by atoms with Crippen molar-refractivity contribution in [1.29, 1.82) is 5.26 Å². The molecule has 1 saturated heterocycles. The summed E-state index contributed by atoms with van der Waals surface area (Å²) in [6, 6.07) is 7.75. The molecule has 1 fully saturated rings. The van der Waals surface area contributed by atoms with Crippen LogP contribution in [0, 0.1) is 11.3 Å². The first-order chi connectivity index (χ1) is 9.18. The van der Waals surface area contributed by atoms with Crippen molar-refractivity contribution >= 4 is 18.3 Å². The van der Waals surface area contributed by atoms with Crippen molar-refractivity contribution in [2.75, 3.05) is 19.0 Å². The first kappa shape index (κ1) is 14.9. The molecular weight excluding hydrogens is 251 g/mol. The maximum Gasteiger partial charge on any atom is 0.497 e. The SMILES string of the molecule is CN(C)c1ccc(C#N)cc1B1OC(C)(C)C(C)(C)O1. The second-order valence-corrected chi connectivity index (χ2v) is 6.37. The summed E-state index contributed by atoms with van der Waals surface area (Å²) in [4.78, 5) is 2.00. The van der Waals surface area contributed by atoms with Gasteiger partial charge in [0.25, 0.3) is 0 Å². The maximum absolute atomic E-state index is 9.09. The van der Waals surface area contributed by atoms with Crippen LogP contribution in [0.15, 0.2) is 18.2 Å². The van der Waals surface area contributed by atoms with Crippen LogP contribution in [0.5, 0.6) is 0 Å². The number of hydrogen-bond donors (Lipinski definition) is 0. The molecule has 0 aromatic heterocycles. The van der Waals surface area contributed by atoms with Crippen molar-refractivity contribution in [2.24, 2.45) is 0 Å². The van der Waals surface area contributed by atoms with Crippen LogP contribution in [0.4, 0.5) is 5.69 Å². The number of benzene rings is 1. The van der Waals surface area contributed by atoms with Gasteiger partial charge >= 0.3 is 7.12 Å². The number of hydrogen-bond acceptors (Lipinski definition) is 4. The van der Waals surface area contributed by atoms with E-state index in [0.717, 1.165) is 11.2 Å². The van der Waals surface area contributed by atoms with E-state index >= 15 is 0 Å². The lowest BCUT2D eigenvalue weighted by Crippen LogP contribution is -2.41. The summed E-state index contributed by atoms with van der Waals surface area (Å²) in [5.41, 5.74) is 1.74. The molecule has 1 aliphatic rings. The van der Waals surface area contributed by atoms with E-state index in [1.165, 1.54) is 0 Å². The summed E-state index contributed by atoms with van der Waals surface area (Å²) in [5, 5.41) is 9.09. The smallest absolute Gasteiger partial charge is 0.399 e. The highest BCUT2D eigenvalue weighted by Crippen LogP contribution is 2.37. The predicted molar refractivity (Wildman–Crippen MR) is 81.2 cm³/mol. The summed E-state index contributed by atoms with van der Waals surface area (Å²) in [5.74, 6) is 0. The molecule has 1 aliphatic heterocycles. The molecule has 0 radical (unpaired) electrons. The highest BCUT2D eigenvalue weighted by molar-refractivity contribution is 6.64. The summed E-state index contributed by atoms with van der Waals surface area (Å²) in [6.07, 6.45) is 0. The molecule has 2 rings (SSSR count). The first-order valence-corrected chi connectivity index (χ1v) is 6.75. The Hall–Kier alpha value is -1.51. The van der Waals surface area contributed by atoms with Gasteiger partial charge in [-0.15, -0.1) is 0 Å². The Balaban J connectivity index is 2.46. The number of rotatable bonds is 2. The lowest BCUT2D eigenvalue weighted by Gasteiger charge is -2.32. The molecule has 106 valence electrons. The van der Waals surface area contributed by atoms with Gasteiger partial charge in [-0.05, 0) is 45.9 Å². The van der Waals surface area contributed by atoms with Gasteiger partial charge < -0.3 is 14.2 Å². The fourth-order valence-corrected chi connectivity index (χ4v) is 2.19. The van der Waals surface area contributed by atoms with Gasteiger partial charge in [-0.25, -0.2) is 0 Å². The molecule has 0 bridgehead atoms. The van der Waals surface area contributed by atoms with Crippen molar-refractivity contribution in [1.82, 2.24) is 0 Å². The van der Waals surface area contributed by atoms with Crippen LogP contribution < -0.4 is 10.4 Å². The average molecular weight is 272 g/mol. The zero-order chi connectivity index (χ0) is 15.1. The summed E-state index contributed by atoms with van der Waals surface area (Å²) < 4.78 is 12.2. The van der Waals surface area contributed by atoms with E-state index in [4.69, 9.17) is 14.6 Å². The fourth-order valence-electron chi connectivity index (χ4n) is 2.19. The Morgan fingerprint density at radius 2 is 1.65 bits per heavy atom. The van der Waals surface area contributed by atoms with E-state index in [-0.39, 0.29) is 11.2 Å². The third kappa shape index (κ3) is 2.42. The Morgan fingerprint density at radius 3 is 2.10 bits per heavy atom. The van der Waals surface area contributed by atoms with Crippen molar-refractivity contribution in [3.8, 4) is 6.07 Å². The Labute approximate surface area is 121 Å². The number of anilines is 1. The van der Waals surface area contributed by atoms with Gasteiger partial charge in [0.1, 0.15) is 0 Å². The van der Waals surface area contributed by atoms with Crippen LogP contribution in [0.3, 0.4) is 0 Å². The molecule has 1 aromatic carbocycles. The molecule has 0 atom stereocenters. The van der Waals surface area contributed by atoms with Crippen molar-refractivity contribution in [3.05, 3.63) is 23.8 Å². The van der Waals surface area contributed by atoms with Crippen LogP contribution in [-0.2, 0) is 9.31 Å². The third-order valence-electron chi connectivity index (χ3n) is 4.15. The Kier molecular flexibility index (Phi) is 3.57. The van der Waals surface area contributed by atoms with Gasteiger partial charge in [0.15, 0.2) is 0 Å². The molecule has 0 spiro atoms. The molecule has 1 aromatic rings. The molecule has 5 heteroatoms. The van der Waals surface area contributed by atoms with E-state index in [1.54, 1.807) is 0 Å². The zero-order valence-electron chi connectivity index (χ0n) is 13.0. The Bertz CT molecular complexity index is 545. The molecular formula is C15H21BN2O2. The molecule has 20 heavy (non-hydrogen) atoms. The fraction of sp³-hybridized carbons (Fsp3) is 0.533. The lowest BCUT2D eigenvalue weighted by atomic mass is 9.77. The third-order valence-corrected chi connectivity index (χ3v) is 4.15. The minimum Gasteiger partial charge on any atom is -0.399 e. The van der Waals surface area contributed by atoms with E-state index in [1.807, 2.05) is 64.9 Å². The van der Waals surface area contributed by atoms with Crippen molar-refractivity contribution < 1.29 is 9.31 Å². The van der Waals surface area contributed by atoms with Crippen LogP contribution >= 0.6 is 0 Å². The molecule has 0 N–H and O–H groups in total. The van der Waals surface area contributed by atoms with Gasteiger partial charge in [-0.2, -0.15) is 5.26 Å². The van der Waals surface area contributed by atoms with E-state index in [9.17, 15) is 0 Å². The topological polar surface area (TPSA) is 45.5 Å². The first-order valence-electron chi connectivity index (χ1n) is 6.75. The summed E-state index contributed by atoms with van der Waals surface area (Å²) in [7, 11) is 3.48. The summed E-state index contributed by atoms with van der Waals surface area (Å²) >= 11 is 0. The van der Waals surface area contributed by atoms with Gasteiger partial charge in [0, 0.05) is 25.2 Å². The minimum atomic E-state index is -0.453. The molecule has 4 nitrogen and oxygen atoms in total. The predicted octanol–water partition coefficient (Wildman–Crippen LogP) is 1.92. The highest BCUT2D eigenvalue weighted by Gasteiger charge is 2.52. The quantitative estimate of drug-likeness (QED) is 0.772. The van der Waals surface area contributed by atoms with Crippen LogP contribution in [0.25, 0.3) is 0 Å². The Morgan fingerprint density at radius 1 is 1.10 bits per heavy atom. The van der Waals surface area contributed by atoms with Crippen LogP contribution in [-0.4, -0.2) is 32.4 Å². The monoisotopic (exact) mass is 272 g/mol. The second kappa shape index (κ2) is 4.80. The van der Waals surface area contributed by atoms with Crippen molar-refractivity contribution in [3.63, 3.8) is 0 Å². The maximum atomic E-state index is 9.09. The van der Waals surface area contributed by atoms with E-state index in [2.05, 4.69) is 6.07 Å². The zero-order valence-corrected chi connectivity index (χ0v) is 13.0. The number of nitrogens with zero attached hydrogens (tertiary/aromatic N) is 2. The van der Waals surface area contributed by atoms with Gasteiger partial charge in [-0.1, -0.05) is 0 Å². The minimum absolute atomic E-state index is 0.385. The van der Waals surface area contributed by atoms with Crippen molar-refractivity contribution in [2.45, 2.75) is 38.9 Å². The lowest BCUT2D eigenvalue weighted by molar-refractivity contribution is 0.00578. The van der Waals surface area contributed by atoms with Gasteiger partial charge in [-0.3, -0.25) is 0 Å². The molecule has 0 aliphatic carbocycles. The van der Waals surface area contributed by atoms with Gasteiger partial charge in [0.2, 0.25) is 0 Å². The second-order valence-electron chi connectivity index (χ2n) is 6.37. The van der Waals surface area contributed by atoms with E-state index in [0.29, 0.717) is 5.56 Å². The molecule has 0 unspecified atom stereocenters. The number of nitriles is 1. The van der Waals surface area contributed by atoms with Gasteiger partial charge in [0.05, 0.1) is 22.8 Å². The standard InChI is InChI=1S/C15H21BN2O2/c1-14(2)15(3,4)20-16(19-14)12-9-11(10-17)7-8-13(12)18(5)6/h7-9H,1-6H3. The summed E-state index contributed by atoms with van der Waals surface area (Å²) in [6.45, 7) is 8.10. The molecule has 0 amide bonds. The molecule has 0 saturated carbocycles. The largest absolute Gasteiger partial charge is 0.497 e. The normalized spacial score (nSPS) is 19.8. The highest BCUT2D eigenvalue weighted by atomic mass is 16.7.